The minimum Gasteiger partial charge on any atom is -0.392 e. The highest BCUT2D eigenvalue weighted by molar-refractivity contribution is 4.77. The fourth-order valence-corrected chi connectivity index (χ4v) is 2.46. The van der Waals surface area contributed by atoms with E-state index in [4.69, 9.17) is 9.47 Å². The van der Waals surface area contributed by atoms with Gasteiger partial charge in [0.25, 0.3) is 0 Å². The molecule has 0 radical (unpaired) electrons. The fourth-order valence-electron chi connectivity index (χ4n) is 2.46. The largest absolute Gasteiger partial charge is 0.392 e. The van der Waals surface area contributed by atoms with Gasteiger partial charge in [-0.1, -0.05) is 0 Å². The van der Waals surface area contributed by atoms with Crippen molar-refractivity contribution in [3.8, 4) is 0 Å². The van der Waals surface area contributed by atoms with Crippen LogP contribution in [0.15, 0.2) is 0 Å². The number of aliphatic hydroxyl groups excluding tert-OH is 1. The molecule has 0 aromatic carbocycles. The van der Waals surface area contributed by atoms with Gasteiger partial charge in [-0.2, -0.15) is 0 Å². The summed E-state index contributed by atoms with van der Waals surface area (Å²) in [5.74, 6) is 0.408. The highest BCUT2D eigenvalue weighted by Gasteiger charge is 2.23. The van der Waals surface area contributed by atoms with E-state index in [9.17, 15) is 5.11 Å². The van der Waals surface area contributed by atoms with E-state index in [1.54, 1.807) is 0 Å². The minimum atomic E-state index is -0.231. The van der Waals surface area contributed by atoms with Gasteiger partial charge in [-0.3, -0.25) is 0 Å². The summed E-state index contributed by atoms with van der Waals surface area (Å²) in [6.45, 7) is 3.97. The lowest BCUT2D eigenvalue weighted by molar-refractivity contribution is 0.00360. The Morgan fingerprint density at radius 2 is 1.94 bits per heavy atom. The van der Waals surface area contributed by atoms with E-state index in [-0.39, 0.29) is 6.10 Å². The van der Waals surface area contributed by atoms with Crippen LogP contribution in [0.3, 0.4) is 0 Å². The molecule has 2 atom stereocenters. The Hall–Kier alpha value is -0.160. The number of hydrogen-bond donors (Lipinski definition) is 2. The van der Waals surface area contributed by atoms with Crippen molar-refractivity contribution in [3.63, 3.8) is 0 Å². The lowest BCUT2D eigenvalue weighted by Gasteiger charge is -2.29. The van der Waals surface area contributed by atoms with Gasteiger partial charge < -0.3 is 19.9 Å². The molecular weight excluding hydrogens is 206 g/mol. The van der Waals surface area contributed by atoms with E-state index in [0.717, 1.165) is 45.7 Å². The molecule has 2 aliphatic heterocycles. The van der Waals surface area contributed by atoms with E-state index in [1.165, 1.54) is 6.42 Å². The average Bonchev–Trinajstić information content (AvgIpc) is 2.38. The van der Waals surface area contributed by atoms with Crippen molar-refractivity contribution in [1.29, 1.82) is 0 Å². The lowest BCUT2D eigenvalue weighted by Crippen LogP contribution is -2.43. The third-order valence-corrected chi connectivity index (χ3v) is 3.59. The SMILES string of the molecule is OC(CNC1CCCOC1)C1CCOCC1. The lowest BCUT2D eigenvalue weighted by atomic mass is 9.93. The van der Waals surface area contributed by atoms with Crippen LogP contribution in [0.4, 0.5) is 0 Å². The van der Waals surface area contributed by atoms with E-state index < -0.39 is 0 Å². The molecule has 4 heteroatoms. The van der Waals surface area contributed by atoms with Crippen LogP contribution >= 0.6 is 0 Å². The van der Waals surface area contributed by atoms with Crippen LogP contribution in [-0.2, 0) is 9.47 Å². The predicted molar refractivity (Wildman–Crippen MR) is 61.4 cm³/mol. The summed E-state index contributed by atoms with van der Waals surface area (Å²) >= 11 is 0. The highest BCUT2D eigenvalue weighted by Crippen LogP contribution is 2.18. The Morgan fingerprint density at radius 1 is 1.12 bits per heavy atom. The molecule has 0 saturated carbocycles. The van der Waals surface area contributed by atoms with Crippen LogP contribution in [0.2, 0.25) is 0 Å². The minimum absolute atomic E-state index is 0.231. The van der Waals surface area contributed by atoms with Crippen LogP contribution in [0.25, 0.3) is 0 Å². The van der Waals surface area contributed by atoms with Crippen molar-refractivity contribution >= 4 is 0 Å². The van der Waals surface area contributed by atoms with Gasteiger partial charge in [0.1, 0.15) is 0 Å². The molecule has 2 N–H and O–H groups in total. The molecule has 16 heavy (non-hydrogen) atoms. The summed E-state index contributed by atoms with van der Waals surface area (Å²) < 4.78 is 10.7. The summed E-state index contributed by atoms with van der Waals surface area (Å²) in [6, 6.07) is 0.434. The summed E-state index contributed by atoms with van der Waals surface area (Å²) in [6.07, 6.45) is 4.05. The highest BCUT2D eigenvalue weighted by atomic mass is 16.5. The Morgan fingerprint density at radius 3 is 2.62 bits per heavy atom. The maximum atomic E-state index is 10.0. The molecule has 0 aromatic heterocycles. The summed E-state index contributed by atoms with van der Waals surface area (Å²) in [7, 11) is 0. The fraction of sp³-hybridized carbons (Fsp3) is 1.00. The van der Waals surface area contributed by atoms with Gasteiger partial charge in [0.05, 0.1) is 12.7 Å². The first-order valence-corrected chi connectivity index (χ1v) is 6.43. The van der Waals surface area contributed by atoms with Crippen molar-refractivity contribution in [2.24, 2.45) is 5.92 Å². The molecule has 0 aliphatic carbocycles. The zero-order valence-corrected chi connectivity index (χ0v) is 9.86. The van der Waals surface area contributed by atoms with Crippen LogP contribution < -0.4 is 5.32 Å². The second kappa shape index (κ2) is 6.55. The normalized spacial score (nSPS) is 30.2. The zero-order chi connectivity index (χ0) is 11.2. The Kier molecular flexibility index (Phi) is 5.03. The third kappa shape index (κ3) is 3.70. The molecule has 2 fully saturated rings. The van der Waals surface area contributed by atoms with Crippen LogP contribution in [0, 0.1) is 5.92 Å². The van der Waals surface area contributed by atoms with Gasteiger partial charge in [0, 0.05) is 32.4 Å². The maximum absolute atomic E-state index is 10.0. The molecule has 2 unspecified atom stereocenters. The molecule has 2 aliphatic rings. The molecule has 0 bridgehead atoms. The molecule has 0 amide bonds. The molecular formula is C12H23NO3. The second-order valence-corrected chi connectivity index (χ2v) is 4.84. The molecule has 0 aromatic rings. The number of hydrogen-bond acceptors (Lipinski definition) is 4. The van der Waals surface area contributed by atoms with Crippen LogP contribution in [0.1, 0.15) is 25.7 Å². The summed E-state index contributed by atoms with van der Waals surface area (Å²) in [5, 5.41) is 13.4. The standard InChI is InChI=1S/C12H23NO3/c14-12(10-3-6-15-7-4-10)8-13-11-2-1-5-16-9-11/h10-14H,1-9H2. The van der Waals surface area contributed by atoms with Crippen LogP contribution in [-0.4, -0.2) is 50.2 Å². The van der Waals surface area contributed by atoms with Gasteiger partial charge in [-0.15, -0.1) is 0 Å². The Bertz CT molecular complexity index is 189. The van der Waals surface area contributed by atoms with Crippen molar-refractivity contribution in [2.75, 3.05) is 33.0 Å². The zero-order valence-electron chi connectivity index (χ0n) is 9.86. The first kappa shape index (κ1) is 12.3. The Labute approximate surface area is 97.3 Å². The van der Waals surface area contributed by atoms with Crippen molar-refractivity contribution in [3.05, 3.63) is 0 Å². The van der Waals surface area contributed by atoms with Gasteiger partial charge in [0.15, 0.2) is 0 Å². The Balaban J connectivity index is 1.63. The number of aliphatic hydroxyl groups is 1. The van der Waals surface area contributed by atoms with Crippen molar-refractivity contribution in [1.82, 2.24) is 5.32 Å². The van der Waals surface area contributed by atoms with Gasteiger partial charge in [0.2, 0.25) is 0 Å². The van der Waals surface area contributed by atoms with E-state index in [1.807, 2.05) is 0 Å². The molecule has 94 valence electrons. The van der Waals surface area contributed by atoms with E-state index >= 15 is 0 Å². The van der Waals surface area contributed by atoms with E-state index in [2.05, 4.69) is 5.32 Å². The number of nitrogens with one attached hydrogen (secondary N) is 1. The third-order valence-electron chi connectivity index (χ3n) is 3.59. The van der Waals surface area contributed by atoms with Gasteiger partial charge >= 0.3 is 0 Å². The number of rotatable bonds is 4. The smallest absolute Gasteiger partial charge is 0.0694 e. The first-order chi connectivity index (χ1) is 7.86. The van der Waals surface area contributed by atoms with Crippen LogP contribution in [0.5, 0.6) is 0 Å². The molecule has 0 spiro atoms. The van der Waals surface area contributed by atoms with E-state index in [0.29, 0.717) is 18.5 Å². The topological polar surface area (TPSA) is 50.7 Å². The molecule has 4 nitrogen and oxygen atoms in total. The average molecular weight is 229 g/mol. The van der Waals surface area contributed by atoms with Crippen molar-refractivity contribution < 1.29 is 14.6 Å². The van der Waals surface area contributed by atoms with Gasteiger partial charge in [-0.05, 0) is 31.6 Å². The molecule has 2 saturated heterocycles. The van der Waals surface area contributed by atoms with Crippen molar-refractivity contribution in [2.45, 2.75) is 37.8 Å². The summed E-state index contributed by atoms with van der Waals surface area (Å²) in [5.41, 5.74) is 0. The second-order valence-electron chi connectivity index (χ2n) is 4.84. The first-order valence-electron chi connectivity index (χ1n) is 6.43. The predicted octanol–water partition coefficient (Wildman–Crippen LogP) is 0.542. The quantitative estimate of drug-likeness (QED) is 0.739. The summed E-state index contributed by atoms with van der Waals surface area (Å²) in [4.78, 5) is 0. The maximum Gasteiger partial charge on any atom is 0.0694 e. The van der Waals surface area contributed by atoms with Gasteiger partial charge in [-0.25, -0.2) is 0 Å². The number of ether oxygens (including phenoxy) is 2. The molecule has 2 rings (SSSR count). The monoisotopic (exact) mass is 229 g/mol. The molecule has 2 heterocycles.